The van der Waals surface area contributed by atoms with E-state index < -0.39 is 0 Å². The zero-order chi connectivity index (χ0) is 21.8. The largest absolute Gasteiger partial charge is 0.469 e. The van der Waals surface area contributed by atoms with Crippen molar-refractivity contribution in [1.82, 2.24) is 0 Å². The number of fused-ring (bicyclic) bond motifs is 5. The van der Waals surface area contributed by atoms with E-state index in [1.807, 2.05) is 6.92 Å². The van der Waals surface area contributed by atoms with Crippen LogP contribution in [0.25, 0.3) is 0 Å². The number of methoxy groups -OCH3 is 1. The van der Waals surface area contributed by atoms with E-state index in [0.717, 1.165) is 38.5 Å². The molecule has 5 nitrogen and oxygen atoms in total. The van der Waals surface area contributed by atoms with Gasteiger partial charge in [0.25, 0.3) is 0 Å². The van der Waals surface area contributed by atoms with Crippen LogP contribution in [0.3, 0.4) is 0 Å². The predicted molar refractivity (Wildman–Crippen MR) is 113 cm³/mol. The topological polar surface area (TPSA) is 72.8 Å². The van der Waals surface area contributed by atoms with Crippen LogP contribution in [0.15, 0.2) is 0 Å². The zero-order valence-corrected chi connectivity index (χ0v) is 19.4. The normalized spacial score (nSPS) is 48.7. The Morgan fingerprint density at radius 3 is 2.43 bits per heavy atom. The van der Waals surface area contributed by atoms with Crippen LogP contribution in [-0.4, -0.2) is 36.4 Å². The first-order valence-electron chi connectivity index (χ1n) is 12.1. The predicted octanol–water partition coefficient (Wildman–Crippen LogP) is 4.36. The van der Waals surface area contributed by atoms with Crippen LogP contribution >= 0.6 is 0 Å². The van der Waals surface area contributed by atoms with Gasteiger partial charge in [0.05, 0.1) is 19.1 Å². The lowest BCUT2D eigenvalue weighted by Crippen LogP contribution is -2.59. The maximum atomic E-state index is 12.3. The quantitative estimate of drug-likeness (QED) is 0.687. The summed E-state index contributed by atoms with van der Waals surface area (Å²) in [5.41, 5.74) is 0.0147. The number of rotatable bonds is 3. The molecule has 10 atom stereocenters. The van der Waals surface area contributed by atoms with E-state index in [2.05, 4.69) is 13.8 Å². The molecule has 0 saturated heterocycles. The molecule has 4 aliphatic rings. The molecule has 0 aliphatic heterocycles. The summed E-state index contributed by atoms with van der Waals surface area (Å²) < 4.78 is 10.6. The van der Waals surface area contributed by atoms with E-state index in [9.17, 15) is 14.7 Å². The summed E-state index contributed by atoms with van der Waals surface area (Å²) in [5, 5.41) is 11.5. The van der Waals surface area contributed by atoms with Gasteiger partial charge < -0.3 is 14.6 Å². The Morgan fingerprint density at radius 1 is 1.03 bits per heavy atom. The average Bonchev–Trinajstić information content (AvgIpc) is 3.06. The SMILES string of the molecule is COC(=O)C(C)[C@H]1CCC2C3CC[C@@H]4C[C@H](OC(C)=O)CC[C@]4(C)C3C[C@H](O)[C@@]21C. The van der Waals surface area contributed by atoms with Crippen molar-refractivity contribution in [2.45, 2.75) is 91.3 Å². The molecule has 4 unspecified atom stereocenters. The Balaban J connectivity index is 1.56. The fraction of sp³-hybridized carbons (Fsp3) is 0.920. The third kappa shape index (κ3) is 3.22. The van der Waals surface area contributed by atoms with Gasteiger partial charge in [-0.1, -0.05) is 20.8 Å². The first kappa shape index (κ1) is 22.1. The van der Waals surface area contributed by atoms with Gasteiger partial charge >= 0.3 is 11.9 Å². The monoisotopic (exact) mass is 420 g/mol. The summed E-state index contributed by atoms with van der Waals surface area (Å²) in [5.74, 6) is 1.91. The lowest BCUT2D eigenvalue weighted by atomic mass is 9.43. The van der Waals surface area contributed by atoms with E-state index in [0.29, 0.717) is 23.7 Å². The Labute approximate surface area is 181 Å². The van der Waals surface area contributed by atoms with Crippen molar-refractivity contribution in [3.05, 3.63) is 0 Å². The number of esters is 2. The average molecular weight is 421 g/mol. The number of carbonyl (C=O) groups excluding carboxylic acids is 2. The highest BCUT2D eigenvalue weighted by molar-refractivity contribution is 5.72. The molecule has 0 amide bonds. The fourth-order valence-electron chi connectivity index (χ4n) is 8.73. The molecule has 170 valence electrons. The van der Waals surface area contributed by atoms with E-state index in [1.54, 1.807) is 0 Å². The van der Waals surface area contributed by atoms with Crippen molar-refractivity contribution in [2.75, 3.05) is 7.11 Å². The minimum absolute atomic E-state index is 0.0627. The minimum atomic E-state index is -0.370. The summed E-state index contributed by atoms with van der Waals surface area (Å²) in [6, 6.07) is 0. The van der Waals surface area contributed by atoms with E-state index in [-0.39, 0.29) is 46.8 Å². The molecule has 0 heterocycles. The van der Waals surface area contributed by atoms with Crippen molar-refractivity contribution >= 4 is 11.9 Å². The summed E-state index contributed by atoms with van der Waals surface area (Å²) in [7, 11) is 1.47. The third-order valence-electron chi connectivity index (χ3n) is 10.3. The Hall–Kier alpha value is -1.10. The van der Waals surface area contributed by atoms with Gasteiger partial charge in [0.2, 0.25) is 0 Å². The lowest BCUT2D eigenvalue weighted by molar-refractivity contribution is -0.183. The van der Waals surface area contributed by atoms with Crippen LogP contribution in [0.1, 0.15) is 79.1 Å². The molecule has 0 spiro atoms. The van der Waals surface area contributed by atoms with Crippen molar-refractivity contribution in [2.24, 2.45) is 46.3 Å². The van der Waals surface area contributed by atoms with Gasteiger partial charge in [-0.15, -0.1) is 0 Å². The number of hydrogen-bond acceptors (Lipinski definition) is 5. The van der Waals surface area contributed by atoms with Crippen molar-refractivity contribution in [1.29, 1.82) is 0 Å². The highest BCUT2D eigenvalue weighted by Crippen LogP contribution is 2.68. The molecule has 0 aromatic heterocycles. The maximum Gasteiger partial charge on any atom is 0.308 e. The smallest absolute Gasteiger partial charge is 0.308 e. The van der Waals surface area contributed by atoms with E-state index in [1.165, 1.54) is 26.9 Å². The zero-order valence-electron chi connectivity index (χ0n) is 19.4. The van der Waals surface area contributed by atoms with Crippen molar-refractivity contribution < 1.29 is 24.2 Å². The van der Waals surface area contributed by atoms with E-state index >= 15 is 0 Å². The Kier molecular flexibility index (Phi) is 5.74. The van der Waals surface area contributed by atoms with Gasteiger partial charge in [0.15, 0.2) is 0 Å². The maximum absolute atomic E-state index is 12.3. The molecule has 0 aromatic carbocycles. The van der Waals surface area contributed by atoms with Crippen LogP contribution in [0.4, 0.5) is 0 Å². The number of aliphatic hydroxyl groups is 1. The van der Waals surface area contributed by atoms with Gasteiger partial charge in [-0.05, 0) is 86.4 Å². The van der Waals surface area contributed by atoms with Crippen LogP contribution < -0.4 is 0 Å². The van der Waals surface area contributed by atoms with Crippen LogP contribution in [-0.2, 0) is 19.1 Å². The molecule has 4 aliphatic carbocycles. The molecule has 0 radical (unpaired) electrons. The first-order valence-corrected chi connectivity index (χ1v) is 12.1. The molecule has 4 saturated carbocycles. The van der Waals surface area contributed by atoms with E-state index in [4.69, 9.17) is 9.47 Å². The Morgan fingerprint density at radius 2 is 1.77 bits per heavy atom. The molecular weight excluding hydrogens is 380 g/mol. The Bertz CT molecular complexity index is 691. The van der Waals surface area contributed by atoms with Gasteiger partial charge in [0.1, 0.15) is 6.10 Å². The second kappa shape index (κ2) is 7.79. The second-order valence-corrected chi connectivity index (χ2v) is 11.3. The number of carbonyl (C=O) groups is 2. The first-order chi connectivity index (χ1) is 14.1. The molecule has 0 bridgehead atoms. The molecule has 30 heavy (non-hydrogen) atoms. The number of ether oxygens (including phenoxy) is 2. The van der Waals surface area contributed by atoms with Gasteiger partial charge in [-0.2, -0.15) is 0 Å². The highest BCUT2D eigenvalue weighted by atomic mass is 16.5. The molecular formula is C25H40O5. The number of aliphatic hydroxyl groups excluding tert-OH is 1. The fourth-order valence-corrected chi connectivity index (χ4v) is 8.73. The summed E-state index contributed by atoms with van der Waals surface area (Å²) in [6.45, 7) is 8.19. The third-order valence-corrected chi connectivity index (χ3v) is 10.3. The molecule has 0 aromatic rings. The van der Waals surface area contributed by atoms with Gasteiger partial charge in [-0.25, -0.2) is 0 Å². The molecule has 1 N–H and O–H groups in total. The summed E-state index contributed by atoms with van der Waals surface area (Å²) in [6.07, 6.45) is 8.03. The summed E-state index contributed by atoms with van der Waals surface area (Å²) in [4.78, 5) is 23.8. The standard InChI is InChI=1S/C25H40O5/c1-14(23(28)29-5)19-8-9-20-18-7-6-16-12-17(30-15(2)26)10-11-24(16,3)21(18)13-22(27)25(19,20)4/h14,16-22,27H,6-13H2,1-5H3/t14?,16-,17-,18?,19-,20?,21?,22+,24+,25-/m1/s1. The lowest BCUT2D eigenvalue weighted by Gasteiger charge is -2.62. The number of hydrogen-bond donors (Lipinski definition) is 1. The highest BCUT2D eigenvalue weighted by Gasteiger charge is 2.64. The molecule has 4 rings (SSSR count). The molecule has 5 heteroatoms. The second-order valence-electron chi connectivity index (χ2n) is 11.3. The summed E-state index contributed by atoms with van der Waals surface area (Å²) >= 11 is 0. The van der Waals surface area contributed by atoms with Crippen molar-refractivity contribution in [3.63, 3.8) is 0 Å². The van der Waals surface area contributed by atoms with Gasteiger partial charge in [-0.3, -0.25) is 9.59 Å². The van der Waals surface area contributed by atoms with Gasteiger partial charge in [0, 0.05) is 12.3 Å². The van der Waals surface area contributed by atoms with Crippen LogP contribution in [0, 0.1) is 46.3 Å². The van der Waals surface area contributed by atoms with Crippen LogP contribution in [0.2, 0.25) is 0 Å². The minimum Gasteiger partial charge on any atom is -0.469 e. The van der Waals surface area contributed by atoms with Crippen LogP contribution in [0.5, 0.6) is 0 Å². The van der Waals surface area contributed by atoms with Crippen molar-refractivity contribution in [3.8, 4) is 0 Å². The molecule has 4 fully saturated rings.